The molecule has 1 aliphatic heterocycles. The van der Waals surface area contributed by atoms with Crippen LogP contribution < -0.4 is 10.2 Å². The van der Waals surface area contributed by atoms with E-state index in [-0.39, 0.29) is 5.91 Å². The van der Waals surface area contributed by atoms with Crippen molar-refractivity contribution < 1.29 is 4.79 Å². The smallest absolute Gasteiger partial charge is 0.254 e. The number of amides is 1. The summed E-state index contributed by atoms with van der Waals surface area (Å²) in [6, 6.07) is 11.6. The molecule has 2 aromatic heterocycles. The summed E-state index contributed by atoms with van der Waals surface area (Å²) < 4.78 is 0. The van der Waals surface area contributed by atoms with Crippen molar-refractivity contribution in [2.45, 2.75) is 13.8 Å². The van der Waals surface area contributed by atoms with E-state index in [0.29, 0.717) is 43.5 Å². The van der Waals surface area contributed by atoms with E-state index in [2.05, 4.69) is 51.1 Å². The molecule has 29 heavy (non-hydrogen) atoms. The zero-order valence-electron chi connectivity index (χ0n) is 16.7. The molecule has 7 heteroatoms. The lowest BCUT2D eigenvalue weighted by Crippen LogP contribution is -2.49. The highest BCUT2D eigenvalue weighted by atomic mass is 16.2. The number of pyridine rings is 1. The van der Waals surface area contributed by atoms with Crippen LogP contribution in [-0.4, -0.2) is 51.9 Å². The molecular formula is C22H24N6O. The largest absolute Gasteiger partial charge is 0.340 e. The average molecular weight is 388 g/mol. The first-order valence-corrected chi connectivity index (χ1v) is 9.72. The van der Waals surface area contributed by atoms with Gasteiger partial charge in [0.05, 0.1) is 0 Å². The first kappa shape index (κ1) is 18.9. The molecule has 7 nitrogen and oxygen atoms in total. The van der Waals surface area contributed by atoms with Crippen molar-refractivity contribution in [3.05, 3.63) is 71.7 Å². The molecular weight excluding hydrogens is 364 g/mol. The lowest BCUT2D eigenvalue weighted by atomic mass is 10.1. The fourth-order valence-corrected chi connectivity index (χ4v) is 3.47. The van der Waals surface area contributed by atoms with Gasteiger partial charge in [0.2, 0.25) is 5.95 Å². The van der Waals surface area contributed by atoms with Gasteiger partial charge in [0, 0.05) is 56.0 Å². The van der Waals surface area contributed by atoms with E-state index in [1.165, 1.54) is 5.56 Å². The van der Waals surface area contributed by atoms with Gasteiger partial charge in [-0.25, -0.2) is 15.0 Å². The minimum absolute atomic E-state index is 0.0182. The highest BCUT2D eigenvalue weighted by Gasteiger charge is 2.23. The molecule has 0 aliphatic carbocycles. The Morgan fingerprint density at radius 3 is 2.41 bits per heavy atom. The lowest BCUT2D eigenvalue weighted by Gasteiger charge is -2.34. The van der Waals surface area contributed by atoms with Crippen LogP contribution in [0, 0.1) is 13.8 Å². The van der Waals surface area contributed by atoms with Gasteiger partial charge in [-0.15, -0.1) is 0 Å². The van der Waals surface area contributed by atoms with Crippen LogP contribution in [0.4, 0.5) is 17.5 Å². The van der Waals surface area contributed by atoms with Crippen molar-refractivity contribution in [2.24, 2.45) is 0 Å². The number of anilines is 3. The Hall–Kier alpha value is -3.48. The van der Waals surface area contributed by atoms with Crippen molar-refractivity contribution in [1.29, 1.82) is 0 Å². The van der Waals surface area contributed by atoms with Gasteiger partial charge in [-0.3, -0.25) is 4.79 Å². The maximum Gasteiger partial charge on any atom is 0.254 e. The molecule has 1 fully saturated rings. The number of nitrogens with one attached hydrogen (secondary N) is 1. The predicted molar refractivity (Wildman–Crippen MR) is 114 cm³/mol. The van der Waals surface area contributed by atoms with Crippen LogP contribution in [0.1, 0.15) is 21.5 Å². The van der Waals surface area contributed by atoms with Crippen LogP contribution in [0.25, 0.3) is 0 Å². The second-order valence-corrected chi connectivity index (χ2v) is 7.20. The van der Waals surface area contributed by atoms with Crippen molar-refractivity contribution in [2.75, 3.05) is 36.4 Å². The minimum atomic E-state index is 0.0182. The number of hydrogen-bond acceptors (Lipinski definition) is 6. The molecule has 0 bridgehead atoms. The predicted octanol–water partition coefficient (Wildman–Crippen LogP) is 3.19. The lowest BCUT2D eigenvalue weighted by molar-refractivity contribution is 0.0746. The van der Waals surface area contributed by atoms with E-state index in [4.69, 9.17) is 0 Å². The fourth-order valence-electron chi connectivity index (χ4n) is 3.47. The zero-order chi connectivity index (χ0) is 20.2. The molecule has 1 N–H and O–H groups in total. The van der Waals surface area contributed by atoms with Crippen LogP contribution >= 0.6 is 0 Å². The average Bonchev–Trinajstić information content (AvgIpc) is 2.76. The van der Waals surface area contributed by atoms with Gasteiger partial charge in [0.25, 0.3) is 5.91 Å². The van der Waals surface area contributed by atoms with Gasteiger partial charge in [-0.05, 0) is 43.7 Å². The number of hydrogen-bond donors (Lipinski definition) is 1. The quantitative estimate of drug-likeness (QED) is 0.740. The standard InChI is InChI=1S/C22H24N6O/c1-16-4-5-19(17(2)14-16)26-20-15-18(6-9-23-20)21(29)27-10-12-28(13-11-27)22-24-7-3-8-25-22/h3-9,14-15H,10-13H2,1-2H3,(H,23,26). The Bertz CT molecular complexity index is 999. The first-order valence-electron chi connectivity index (χ1n) is 9.72. The molecule has 1 amide bonds. The summed E-state index contributed by atoms with van der Waals surface area (Å²) in [6.07, 6.45) is 5.15. The van der Waals surface area contributed by atoms with Crippen LogP contribution in [-0.2, 0) is 0 Å². The third-order valence-corrected chi connectivity index (χ3v) is 5.05. The number of nitrogens with zero attached hydrogens (tertiary/aromatic N) is 5. The summed E-state index contributed by atoms with van der Waals surface area (Å²) in [6.45, 7) is 6.83. The number of benzene rings is 1. The molecule has 148 valence electrons. The number of piperazine rings is 1. The van der Waals surface area contributed by atoms with E-state index in [0.717, 1.165) is 11.3 Å². The third kappa shape index (κ3) is 4.34. The van der Waals surface area contributed by atoms with Gasteiger partial charge in [0.1, 0.15) is 5.82 Å². The Balaban J connectivity index is 1.42. The molecule has 1 aliphatic rings. The number of aryl methyl sites for hydroxylation is 2. The van der Waals surface area contributed by atoms with Gasteiger partial charge < -0.3 is 15.1 Å². The van der Waals surface area contributed by atoms with Crippen molar-refractivity contribution in [3.8, 4) is 0 Å². The van der Waals surface area contributed by atoms with E-state index in [9.17, 15) is 4.79 Å². The van der Waals surface area contributed by atoms with E-state index >= 15 is 0 Å². The molecule has 1 aromatic carbocycles. The van der Waals surface area contributed by atoms with Gasteiger partial charge in [-0.1, -0.05) is 17.7 Å². The molecule has 0 unspecified atom stereocenters. The zero-order valence-corrected chi connectivity index (χ0v) is 16.7. The second-order valence-electron chi connectivity index (χ2n) is 7.20. The van der Waals surface area contributed by atoms with E-state index in [1.54, 1.807) is 30.7 Å². The fraction of sp³-hybridized carbons (Fsp3) is 0.273. The Morgan fingerprint density at radius 2 is 1.69 bits per heavy atom. The summed E-state index contributed by atoms with van der Waals surface area (Å²) in [4.78, 5) is 29.9. The first-order chi connectivity index (χ1) is 14.1. The van der Waals surface area contributed by atoms with Crippen LogP contribution in [0.5, 0.6) is 0 Å². The molecule has 1 saturated heterocycles. The number of carbonyl (C=O) groups excluding carboxylic acids is 1. The Morgan fingerprint density at radius 1 is 0.931 bits per heavy atom. The third-order valence-electron chi connectivity index (χ3n) is 5.05. The summed E-state index contributed by atoms with van der Waals surface area (Å²) in [5.41, 5.74) is 3.98. The number of rotatable bonds is 4. The van der Waals surface area contributed by atoms with Crippen molar-refractivity contribution in [1.82, 2.24) is 19.9 Å². The Kier molecular flexibility index (Phi) is 5.37. The van der Waals surface area contributed by atoms with Gasteiger partial charge in [0.15, 0.2) is 0 Å². The number of aromatic nitrogens is 3. The molecule has 3 aromatic rings. The summed E-state index contributed by atoms with van der Waals surface area (Å²) in [5.74, 6) is 1.40. The maximum atomic E-state index is 13.0. The highest BCUT2D eigenvalue weighted by molar-refractivity contribution is 5.95. The SMILES string of the molecule is Cc1ccc(Nc2cc(C(=O)N3CCN(c4ncccn4)CC3)ccn2)c(C)c1. The molecule has 0 radical (unpaired) electrons. The Labute approximate surface area is 170 Å². The monoisotopic (exact) mass is 388 g/mol. The van der Waals surface area contributed by atoms with Crippen LogP contribution in [0.15, 0.2) is 55.0 Å². The van der Waals surface area contributed by atoms with Gasteiger partial charge in [-0.2, -0.15) is 0 Å². The minimum Gasteiger partial charge on any atom is -0.340 e. The maximum absolute atomic E-state index is 13.0. The van der Waals surface area contributed by atoms with E-state index in [1.807, 2.05) is 17.0 Å². The van der Waals surface area contributed by atoms with E-state index < -0.39 is 0 Å². The van der Waals surface area contributed by atoms with Gasteiger partial charge >= 0.3 is 0 Å². The van der Waals surface area contributed by atoms with Crippen molar-refractivity contribution >= 4 is 23.4 Å². The molecule has 0 atom stereocenters. The second kappa shape index (κ2) is 8.26. The van der Waals surface area contributed by atoms with Crippen molar-refractivity contribution in [3.63, 3.8) is 0 Å². The van der Waals surface area contributed by atoms with Crippen LogP contribution in [0.3, 0.4) is 0 Å². The molecule has 0 saturated carbocycles. The van der Waals surface area contributed by atoms with Crippen LogP contribution in [0.2, 0.25) is 0 Å². The normalized spacial score (nSPS) is 14.0. The highest BCUT2D eigenvalue weighted by Crippen LogP contribution is 2.21. The molecule has 3 heterocycles. The summed E-state index contributed by atoms with van der Waals surface area (Å²) >= 11 is 0. The summed E-state index contributed by atoms with van der Waals surface area (Å²) in [7, 11) is 0. The number of carbonyl (C=O) groups is 1. The molecule has 0 spiro atoms. The molecule has 4 rings (SSSR count). The topological polar surface area (TPSA) is 74.2 Å². The summed E-state index contributed by atoms with van der Waals surface area (Å²) in [5, 5.41) is 3.32.